The van der Waals surface area contributed by atoms with Gasteiger partial charge < -0.3 is 21.1 Å². The van der Waals surface area contributed by atoms with Gasteiger partial charge in [-0.3, -0.25) is 9.59 Å². The summed E-state index contributed by atoms with van der Waals surface area (Å²) in [5, 5.41) is 5.27. The van der Waals surface area contributed by atoms with Crippen LogP contribution in [0.5, 0.6) is 5.75 Å². The minimum absolute atomic E-state index is 0.112. The zero-order chi connectivity index (χ0) is 14.1. The maximum atomic E-state index is 11.4. The molecule has 19 heavy (non-hydrogen) atoms. The molecule has 1 aromatic carbocycles. The highest BCUT2D eigenvalue weighted by atomic mass is 16.5. The first-order chi connectivity index (χ1) is 9.08. The largest absolute Gasteiger partial charge is 0.493 e. The Morgan fingerprint density at radius 2 is 2.00 bits per heavy atom. The van der Waals surface area contributed by atoms with Gasteiger partial charge in [0, 0.05) is 31.8 Å². The van der Waals surface area contributed by atoms with E-state index >= 15 is 0 Å². The van der Waals surface area contributed by atoms with Crippen LogP contribution in [0.15, 0.2) is 24.3 Å². The SMILES string of the molecule is CC(=O)NCCNC(=O)CCOc1cccc(N)c1. The van der Waals surface area contributed by atoms with Crippen LogP contribution in [0.2, 0.25) is 0 Å². The molecule has 0 saturated heterocycles. The number of ether oxygens (including phenoxy) is 1. The minimum atomic E-state index is -0.116. The van der Waals surface area contributed by atoms with Crippen LogP contribution in [0.1, 0.15) is 13.3 Å². The molecular formula is C13H19N3O3. The van der Waals surface area contributed by atoms with E-state index in [0.29, 0.717) is 24.5 Å². The molecule has 1 aromatic rings. The molecule has 0 aromatic heterocycles. The normalized spacial score (nSPS) is 9.74. The quantitative estimate of drug-likeness (QED) is 0.488. The van der Waals surface area contributed by atoms with Crippen molar-refractivity contribution in [3.8, 4) is 5.75 Å². The number of carbonyl (C=O) groups excluding carboxylic acids is 2. The van der Waals surface area contributed by atoms with E-state index in [0.717, 1.165) is 0 Å². The molecule has 104 valence electrons. The number of nitrogen functional groups attached to an aromatic ring is 1. The van der Waals surface area contributed by atoms with Crippen LogP contribution < -0.4 is 21.1 Å². The maximum Gasteiger partial charge on any atom is 0.223 e. The summed E-state index contributed by atoms with van der Waals surface area (Å²) in [6, 6.07) is 7.04. The standard InChI is InChI=1S/C13H19N3O3/c1-10(17)15-6-7-16-13(18)5-8-19-12-4-2-3-11(14)9-12/h2-4,9H,5-8,14H2,1H3,(H,15,17)(H,16,18). The van der Waals surface area contributed by atoms with Crippen molar-refractivity contribution in [2.45, 2.75) is 13.3 Å². The van der Waals surface area contributed by atoms with Gasteiger partial charge in [-0.1, -0.05) is 6.07 Å². The van der Waals surface area contributed by atoms with Crippen molar-refractivity contribution in [2.75, 3.05) is 25.4 Å². The van der Waals surface area contributed by atoms with Crippen LogP contribution in [0.3, 0.4) is 0 Å². The Morgan fingerprint density at radius 1 is 1.26 bits per heavy atom. The number of hydrogen-bond acceptors (Lipinski definition) is 4. The first kappa shape index (κ1) is 14.8. The molecule has 0 heterocycles. The lowest BCUT2D eigenvalue weighted by Gasteiger charge is -2.08. The van der Waals surface area contributed by atoms with Gasteiger partial charge in [-0.2, -0.15) is 0 Å². The predicted molar refractivity (Wildman–Crippen MR) is 72.7 cm³/mol. The van der Waals surface area contributed by atoms with E-state index < -0.39 is 0 Å². The lowest BCUT2D eigenvalue weighted by Crippen LogP contribution is -2.34. The van der Waals surface area contributed by atoms with Crippen LogP contribution >= 0.6 is 0 Å². The summed E-state index contributed by atoms with van der Waals surface area (Å²) in [6.07, 6.45) is 0.259. The van der Waals surface area contributed by atoms with Gasteiger partial charge in [0.25, 0.3) is 0 Å². The fourth-order valence-corrected chi connectivity index (χ4v) is 1.39. The third-order valence-corrected chi connectivity index (χ3v) is 2.28. The van der Waals surface area contributed by atoms with Gasteiger partial charge in [-0.15, -0.1) is 0 Å². The third-order valence-electron chi connectivity index (χ3n) is 2.28. The third kappa shape index (κ3) is 6.92. The highest BCUT2D eigenvalue weighted by Crippen LogP contribution is 2.14. The highest BCUT2D eigenvalue weighted by Gasteiger charge is 2.01. The zero-order valence-electron chi connectivity index (χ0n) is 10.9. The topological polar surface area (TPSA) is 93.5 Å². The highest BCUT2D eigenvalue weighted by molar-refractivity contribution is 5.76. The van der Waals surface area contributed by atoms with Gasteiger partial charge in [-0.05, 0) is 12.1 Å². The molecule has 0 aliphatic rings. The van der Waals surface area contributed by atoms with E-state index in [2.05, 4.69) is 10.6 Å². The fourth-order valence-electron chi connectivity index (χ4n) is 1.39. The van der Waals surface area contributed by atoms with E-state index in [9.17, 15) is 9.59 Å². The molecule has 0 radical (unpaired) electrons. The number of carbonyl (C=O) groups is 2. The van der Waals surface area contributed by atoms with Gasteiger partial charge in [-0.25, -0.2) is 0 Å². The minimum Gasteiger partial charge on any atom is -0.493 e. The van der Waals surface area contributed by atoms with E-state index in [4.69, 9.17) is 10.5 Å². The Morgan fingerprint density at radius 3 is 2.68 bits per heavy atom. The molecule has 0 spiro atoms. The molecule has 0 atom stereocenters. The summed E-state index contributed by atoms with van der Waals surface area (Å²) >= 11 is 0. The summed E-state index contributed by atoms with van der Waals surface area (Å²) < 4.78 is 5.39. The van der Waals surface area contributed by atoms with Crippen LogP contribution in [0.25, 0.3) is 0 Å². The Hall–Kier alpha value is -2.24. The summed E-state index contributed by atoms with van der Waals surface area (Å²) in [6.45, 7) is 2.56. The van der Waals surface area contributed by atoms with Crippen molar-refractivity contribution in [1.29, 1.82) is 0 Å². The molecule has 0 aliphatic heterocycles. The molecule has 2 amide bonds. The first-order valence-electron chi connectivity index (χ1n) is 6.07. The van der Waals surface area contributed by atoms with E-state index in [1.54, 1.807) is 24.3 Å². The average Bonchev–Trinajstić information content (AvgIpc) is 2.34. The zero-order valence-corrected chi connectivity index (χ0v) is 10.9. The Labute approximate surface area is 112 Å². The molecule has 4 N–H and O–H groups in total. The van der Waals surface area contributed by atoms with Crippen molar-refractivity contribution in [3.63, 3.8) is 0 Å². The van der Waals surface area contributed by atoms with Gasteiger partial charge in [0.05, 0.1) is 13.0 Å². The van der Waals surface area contributed by atoms with E-state index in [1.165, 1.54) is 6.92 Å². The van der Waals surface area contributed by atoms with Gasteiger partial charge >= 0.3 is 0 Å². The average molecular weight is 265 g/mol. The second-order valence-corrected chi connectivity index (χ2v) is 4.00. The molecular weight excluding hydrogens is 246 g/mol. The molecule has 0 bridgehead atoms. The number of hydrogen-bond donors (Lipinski definition) is 3. The summed E-state index contributed by atoms with van der Waals surface area (Å²) in [4.78, 5) is 22.0. The van der Waals surface area contributed by atoms with E-state index in [1.807, 2.05) is 0 Å². The van der Waals surface area contributed by atoms with Gasteiger partial charge in [0.1, 0.15) is 5.75 Å². The maximum absolute atomic E-state index is 11.4. The molecule has 1 rings (SSSR count). The second-order valence-electron chi connectivity index (χ2n) is 4.00. The van der Waals surface area contributed by atoms with E-state index in [-0.39, 0.29) is 24.8 Å². The summed E-state index contributed by atoms with van der Waals surface area (Å²) in [5.74, 6) is 0.416. The molecule has 6 nitrogen and oxygen atoms in total. The van der Waals surface area contributed by atoms with Crippen molar-refractivity contribution in [1.82, 2.24) is 10.6 Å². The van der Waals surface area contributed by atoms with Crippen molar-refractivity contribution >= 4 is 17.5 Å². The van der Waals surface area contributed by atoms with Gasteiger partial charge in [0.15, 0.2) is 0 Å². The number of rotatable bonds is 7. The summed E-state index contributed by atoms with van der Waals surface area (Å²) in [5.41, 5.74) is 6.22. The number of benzene rings is 1. The number of nitrogens with two attached hydrogens (primary N) is 1. The van der Waals surface area contributed by atoms with Crippen molar-refractivity contribution in [3.05, 3.63) is 24.3 Å². The van der Waals surface area contributed by atoms with Crippen LogP contribution in [0, 0.1) is 0 Å². The molecule has 0 unspecified atom stereocenters. The Kier molecular flexibility index (Phi) is 6.21. The molecule has 0 fully saturated rings. The number of amides is 2. The van der Waals surface area contributed by atoms with Crippen LogP contribution in [-0.2, 0) is 9.59 Å². The molecule has 0 aliphatic carbocycles. The predicted octanol–water partition coefficient (Wildman–Crippen LogP) is 0.290. The van der Waals surface area contributed by atoms with Crippen molar-refractivity contribution in [2.24, 2.45) is 0 Å². The number of anilines is 1. The summed E-state index contributed by atoms with van der Waals surface area (Å²) in [7, 11) is 0. The fraction of sp³-hybridized carbons (Fsp3) is 0.385. The Balaban J connectivity index is 2.12. The molecule has 0 saturated carbocycles. The van der Waals surface area contributed by atoms with Gasteiger partial charge in [0.2, 0.25) is 11.8 Å². The molecule has 6 heteroatoms. The number of nitrogens with one attached hydrogen (secondary N) is 2. The lowest BCUT2D eigenvalue weighted by atomic mass is 10.3. The second kappa shape index (κ2) is 7.97. The lowest BCUT2D eigenvalue weighted by molar-refractivity contribution is -0.122. The van der Waals surface area contributed by atoms with Crippen LogP contribution in [0.4, 0.5) is 5.69 Å². The first-order valence-corrected chi connectivity index (χ1v) is 6.07. The monoisotopic (exact) mass is 265 g/mol. The van der Waals surface area contributed by atoms with Crippen LogP contribution in [-0.4, -0.2) is 31.5 Å². The Bertz CT molecular complexity index is 435. The van der Waals surface area contributed by atoms with Crippen molar-refractivity contribution < 1.29 is 14.3 Å². The smallest absolute Gasteiger partial charge is 0.223 e.